The number of halogens is 2. The number of carboxylic acids is 1. The first-order valence-electron chi connectivity index (χ1n) is 5.01. The Hall–Kier alpha value is -1.65. The van der Waals surface area contributed by atoms with Gasteiger partial charge in [0.15, 0.2) is 0 Å². The molecule has 1 aromatic carbocycles. The van der Waals surface area contributed by atoms with E-state index in [4.69, 9.17) is 9.84 Å². The minimum absolute atomic E-state index is 0.0603. The molecule has 0 saturated carbocycles. The Bertz CT molecular complexity index is 428. The summed E-state index contributed by atoms with van der Waals surface area (Å²) in [5.74, 6) is -1.16. The fraction of sp³-hybridized carbons (Fsp3) is 0.417. The van der Waals surface area contributed by atoms with E-state index in [1.54, 1.807) is 0 Å². The van der Waals surface area contributed by atoms with Crippen molar-refractivity contribution in [3.63, 3.8) is 0 Å². The van der Waals surface area contributed by atoms with E-state index in [0.29, 0.717) is 0 Å². The molecule has 0 unspecified atom stereocenters. The Balaban J connectivity index is 3.44. The van der Waals surface area contributed by atoms with E-state index >= 15 is 0 Å². The molecule has 0 spiro atoms. The largest absolute Gasteiger partial charge is 0.496 e. The van der Waals surface area contributed by atoms with Crippen LogP contribution in [0.1, 0.15) is 31.4 Å². The number of hydrogen-bond acceptors (Lipinski definition) is 2. The van der Waals surface area contributed by atoms with Crippen molar-refractivity contribution in [1.29, 1.82) is 0 Å². The van der Waals surface area contributed by atoms with Gasteiger partial charge >= 0.3 is 5.97 Å². The van der Waals surface area contributed by atoms with Gasteiger partial charge in [0.25, 0.3) is 6.43 Å². The first-order chi connectivity index (χ1) is 7.82. The quantitative estimate of drug-likeness (QED) is 0.885. The zero-order valence-electron chi connectivity index (χ0n) is 9.83. The number of methoxy groups -OCH3 is 1. The van der Waals surface area contributed by atoms with Crippen LogP contribution in [0, 0.1) is 0 Å². The second-order valence-corrected chi connectivity index (χ2v) is 4.16. The number of para-hydroxylation sites is 1. The summed E-state index contributed by atoms with van der Waals surface area (Å²) in [5.41, 5.74) is -1.33. The highest BCUT2D eigenvalue weighted by Gasteiger charge is 2.34. The molecule has 1 N–H and O–H groups in total. The summed E-state index contributed by atoms with van der Waals surface area (Å²) in [5, 5.41) is 9.10. The van der Waals surface area contributed by atoms with Crippen LogP contribution in [-0.4, -0.2) is 18.2 Å². The summed E-state index contributed by atoms with van der Waals surface area (Å²) in [6.45, 7) is 2.89. The molecule has 0 aromatic heterocycles. The summed E-state index contributed by atoms with van der Waals surface area (Å²) >= 11 is 0. The molecule has 0 amide bonds. The molecule has 0 aliphatic carbocycles. The minimum Gasteiger partial charge on any atom is -0.496 e. The molecule has 0 heterocycles. The second kappa shape index (κ2) is 4.69. The molecular weight excluding hydrogens is 230 g/mol. The van der Waals surface area contributed by atoms with Gasteiger partial charge in [0.2, 0.25) is 0 Å². The highest BCUT2D eigenvalue weighted by molar-refractivity contribution is 5.81. The monoisotopic (exact) mass is 244 g/mol. The number of alkyl halides is 2. The maximum absolute atomic E-state index is 12.8. The number of aliphatic carboxylic acids is 1. The normalized spacial score (nSPS) is 11.6. The number of benzene rings is 1. The molecular formula is C12H14F2O3. The average molecular weight is 244 g/mol. The molecule has 0 bridgehead atoms. The summed E-state index contributed by atoms with van der Waals surface area (Å²) in [7, 11) is 1.25. The number of carboxylic acid groups (broad SMARTS) is 1. The van der Waals surface area contributed by atoms with Gasteiger partial charge in [0.1, 0.15) is 5.75 Å². The number of hydrogen-bond donors (Lipinski definition) is 1. The molecule has 0 aliphatic rings. The van der Waals surface area contributed by atoms with Crippen molar-refractivity contribution in [2.24, 2.45) is 0 Å². The van der Waals surface area contributed by atoms with E-state index in [2.05, 4.69) is 0 Å². The van der Waals surface area contributed by atoms with Gasteiger partial charge in [-0.2, -0.15) is 0 Å². The van der Waals surface area contributed by atoms with E-state index in [1.807, 2.05) is 0 Å². The fourth-order valence-electron chi connectivity index (χ4n) is 1.56. The molecule has 0 saturated heterocycles. The van der Waals surface area contributed by atoms with E-state index in [0.717, 1.165) is 0 Å². The van der Waals surface area contributed by atoms with Gasteiger partial charge in [-0.05, 0) is 19.9 Å². The lowest BCUT2D eigenvalue weighted by atomic mass is 9.83. The Morgan fingerprint density at radius 3 is 2.41 bits per heavy atom. The molecule has 3 nitrogen and oxygen atoms in total. The molecule has 17 heavy (non-hydrogen) atoms. The van der Waals surface area contributed by atoms with Gasteiger partial charge in [0.05, 0.1) is 18.1 Å². The Labute approximate surface area is 98.0 Å². The zero-order valence-corrected chi connectivity index (χ0v) is 9.83. The topological polar surface area (TPSA) is 46.5 Å². The first-order valence-corrected chi connectivity index (χ1v) is 5.01. The number of carbonyl (C=O) groups is 1. The van der Waals surface area contributed by atoms with E-state index < -0.39 is 17.8 Å². The molecule has 1 aromatic rings. The van der Waals surface area contributed by atoms with Crippen LogP contribution in [0.15, 0.2) is 18.2 Å². The van der Waals surface area contributed by atoms with Crippen LogP contribution in [-0.2, 0) is 10.2 Å². The van der Waals surface area contributed by atoms with E-state index in [9.17, 15) is 13.6 Å². The van der Waals surface area contributed by atoms with Crippen LogP contribution >= 0.6 is 0 Å². The van der Waals surface area contributed by atoms with Crippen LogP contribution in [0.5, 0.6) is 5.75 Å². The van der Waals surface area contributed by atoms with Crippen LogP contribution < -0.4 is 4.74 Å². The Kier molecular flexibility index (Phi) is 3.70. The third-order valence-corrected chi connectivity index (χ3v) is 2.69. The summed E-state index contributed by atoms with van der Waals surface area (Å²) in [4.78, 5) is 11.1. The van der Waals surface area contributed by atoms with Crippen molar-refractivity contribution in [2.45, 2.75) is 25.7 Å². The van der Waals surface area contributed by atoms with E-state index in [1.165, 1.54) is 39.2 Å². The third kappa shape index (κ3) is 2.38. The van der Waals surface area contributed by atoms with E-state index in [-0.39, 0.29) is 16.9 Å². The first kappa shape index (κ1) is 13.4. The highest BCUT2D eigenvalue weighted by Crippen LogP contribution is 2.38. The van der Waals surface area contributed by atoms with Crippen LogP contribution in [0.4, 0.5) is 8.78 Å². The standard InChI is InChI=1S/C12H14F2O3/c1-12(2,11(15)16)8-6-4-5-7(10(13)14)9(8)17-3/h4-6,10H,1-3H3,(H,15,16). The Morgan fingerprint density at radius 2 is 2.00 bits per heavy atom. The minimum atomic E-state index is -2.70. The van der Waals surface area contributed by atoms with Gasteiger partial charge < -0.3 is 9.84 Å². The van der Waals surface area contributed by atoms with Gasteiger partial charge in [-0.15, -0.1) is 0 Å². The highest BCUT2D eigenvalue weighted by atomic mass is 19.3. The van der Waals surface area contributed by atoms with Crippen molar-refractivity contribution >= 4 is 5.97 Å². The van der Waals surface area contributed by atoms with Gasteiger partial charge in [-0.25, -0.2) is 8.78 Å². The third-order valence-electron chi connectivity index (χ3n) is 2.69. The fourth-order valence-corrected chi connectivity index (χ4v) is 1.56. The van der Waals surface area contributed by atoms with Crippen molar-refractivity contribution < 1.29 is 23.4 Å². The lowest BCUT2D eigenvalue weighted by molar-refractivity contribution is -0.142. The molecule has 94 valence electrons. The van der Waals surface area contributed by atoms with Gasteiger partial charge in [-0.3, -0.25) is 4.79 Å². The number of ether oxygens (including phenoxy) is 1. The predicted octanol–water partition coefficient (Wildman–Crippen LogP) is 3.00. The van der Waals surface area contributed by atoms with Gasteiger partial charge in [0, 0.05) is 5.56 Å². The van der Waals surface area contributed by atoms with Crippen LogP contribution in [0.2, 0.25) is 0 Å². The smallest absolute Gasteiger partial charge is 0.313 e. The van der Waals surface area contributed by atoms with Crippen LogP contribution in [0.25, 0.3) is 0 Å². The molecule has 0 atom stereocenters. The number of rotatable bonds is 4. The molecule has 0 fully saturated rings. The summed E-state index contributed by atoms with van der Waals surface area (Å²) in [6, 6.07) is 4.12. The predicted molar refractivity (Wildman–Crippen MR) is 58.6 cm³/mol. The SMILES string of the molecule is COc1c(C(F)F)cccc1C(C)(C)C(=O)O. The lowest BCUT2D eigenvalue weighted by Crippen LogP contribution is -2.29. The Morgan fingerprint density at radius 1 is 1.41 bits per heavy atom. The van der Waals surface area contributed by atoms with Crippen molar-refractivity contribution in [2.75, 3.05) is 7.11 Å². The second-order valence-electron chi connectivity index (χ2n) is 4.16. The maximum atomic E-state index is 12.8. The molecule has 5 heteroatoms. The lowest BCUT2D eigenvalue weighted by Gasteiger charge is -2.23. The van der Waals surface area contributed by atoms with Crippen molar-refractivity contribution in [3.8, 4) is 5.75 Å². The summed E-state index contributed by atoms with van der Waals surface area (Å²) < 4.78 is 30.4. The van der Waals surface area contributed by atoms with Crippen molar-refractivity contribution in [3.05, 3.63) is 29.3 Å². The zero-order chi connectivity index (χ0) is 13.2. The van der Waals surface area contributed by atoms with Crippen LogP contribution in [0.3, 0.4) is 0 Å². The molecule has 1 rings (SSSR count). The molecule has 0 radical (unpaired) electrons. The maximum Gasteiger partial charge on any atom is 0.313 e. The summed E-state index contributed by atoms with van der Waals surface area (Å²) in [6.07, 6.45) is -2.70. The average Bonchev–Trinajstić information content (AvgIpc) is 2.27. The van der Waals surface area contributed by atoms with Gasteiger partial charge in [-0.1, -0.05) is 12.1 Å². The van der Waals surface area contributed by atoms with Crippen molar-refractivity contribution in [1.82, 2.24) is 0 Å². The molecule has 0 aliphatic heterocycles.